The number of hydrogen-bond donors (Lipinski definition) is 1. The van der Waals surface area contributed by atoms with E-state index in [1.165, 1.54) is 11.1 Å². The second-order valence-corrected chi connectivity index (χ2v) is 18.9. The SMILES string of the molecule is COc1ccc([C@H]2CC[C@H](CN(c3cccc(CN)c3)C(=O)[C@H]3CC[C@H](O[Si](C)(C)C(C)(C)C)CC3)CC2)cc1C. The number of amides is 1. The average Bonchev–Trinajstić information content (AvgIpc) is 2.95. The zero-order valence-electron chi connectivity index (χ0n) is 26.7. The number of rotatable bonds is 9. The minimum Gasteiger partial charge on any atom is -0.496 e. The van der Waals surface area contributed by atoms with Crippen LogP contribution in [-0.2, 0) is 15.8 Å². The van der Waals surface area contributed by atoms with Crippen molar-refractivity contribution in [2.75, 3.05) is 18.6 Å². The molecular formula is C35H54N2O3Si. The van der Waals surface area contributed by atoms with Gasteiger partial charge in [0, 0.05) is 30.8 Å². The van der Waals surface area contributed by atoms with Crippen molar-refractivity contribution in [3.05, 3.63) is 59.2 Å². The third kappa shape index (κ3) is 7.82. The molecule has 0 aromatic heterocycles. The van der Waals surface area contributed by atoms with Gasteiger partial charge in [0.05, 0.1) is 7.11 Å². The molecule has 0 unspecified atom stereocenters. The molecule has 4 rings (SSSR count). The minimum absolute atomic E-state index is 0.0643. The number of benzene rings is 2. The Morgan fingerprint density at radius 3 is 2.24 bits per heavy atom. The Kier molecular flexibility index (Phi) is 10.4. The van der Waals surface area contributed by atoms with Crippen molar-refractivity contribution in [3.63, 3.8) is 0 Å². The molecule has 2 aromatic rings. The van der Waals surface area contributed by atoms with E-state index in [2.05, 4.69) is 82.1 Å². The van der Waals surface area contributed by atoms with Crippen molar-refractivity contribution in [1.82, 2.24) is 0 Å². The maximum Gasteiger partial charge on any atom is 0.230 e. The summed E-state index contributed by atoms with van der Waals surface area (Å²) in [4.78, 5) is 16.3. The molecule has 2 aliphatic rings. The highest BCUT2D eigenvalue weighted by Gasteiger charge is 2.41. The number of ether oxygens (including phenoxy) is 1. The zero-order chi connectivity index (χ0) is 29.8. The van der Waals surface area contributed by atoms with Crippen LogP contribution in [0.4, 0.5) is 5.69 Å². The smallest absolute Gasteiger partial charge is 0.230 e. The molecule has 0 heterocycles. The molecule has 2 fully saturated rings. The molecule has 2 aliphatic carbocycles. The second-order valence-electron chi connectivity index (χ2n) is 14.1. The second kappa shape index (κ2) is 13.4. The highest BCUT2D eigenvalue weighted by molar-refractivity contribution is 6.74. The van der Waals surface area contributed by atoms with Crippen molar-refractivity contribution >= 4 is 19.9 Å². The van der Waals surface area contributed by atoms with Crippen LogP contribution in [0.15, 0.2) is 42.5 Å². The van der Waals surface area contributed by atoms with E-state index >= 15 is 0 Å². The predicted octanol–water partition coefficient (Wildman–Crippen LogP) is 8.35. The molecule has 226 valence electrons. The first-order chi connectivity index (χ1) is 19.4. The van der Waals surface area contributed by atoms with Crippen LogP contribution in [0.2, 0.25) is 18.1 Å². The first-order valence-electron chi connectivity index (χ1n) is 15.8. The summed E-state index contributed by atoms with van der Waals surface area (Å²) >= 11 is 0. The van der Waals surface area contributed by atoms with Gasteiger partial charge in [-0.3, -0.25) is 4.79 Å². The number of nitrogens with two attached hydrogens (primary N) is 1. The fourth-order valence-corrected chi connectivity index (χ4v) is 7.93. The molecule has 6 heteroatoms. The molecule has 41 heavy (non-hydrogen) atoms. The molecule has 2 N–H and O–H groups in total. The van der Waals surface area contributed by atoms with E-state index in [-0.39, 0.29) is 23.0 Å². The van der Waals surface area contributed by atoms with Crippen LogP contribution in [0.25, 0.3) is 0 Å². The summed E-state index contributed by atoms with van der Waals surface area (Å²) in [6, 6.07) is 14.9. The van der Waals surface area contributed by atoms with Crippen LogP contribution < -0.4 is 15.4 Å². The number of methoxy groups -OCH3 is 1. The van der Waals surface area contributed by atoms with Crippen LogP contribution in [0, 0.1) is 18.8 Å². The highest BCUT2D eigenvalue weighted by Crippen LogP contribution is 2.41. The summed E-state index contributed by atoms with van der Waals surface area (Å²) in [6.07, 6.45) is 8.67. The fraction of sp³-hybridized carbons (Fsp3) is 0.629. The Morgan fingerprint density at radius 2 is 1.66 bits per heavy atom. The fourth-order valence-electron chi connectivity index (χ4n) is 6.51. The lowest BCUT2D eigenvalue weighted by Gasteiger charge is -2.41. The van der Waals surface area contributed by atoms with Crippen molar-refractivity contribution in [2.45, 2.75) is 116 Å². The minimum atomic E-state index is -1.81. The third-order valence-electron chi connectivity index (χ3n) is 10.2. The van der Waals surface area contributed by atoms with E-state index in [0.717, 1.165) is 74.9 Å². The van der Waals surface area contributed by atoms with Gasteiger partial charge in [-0.25, -0.2) is 0 Å². The molecule has 0 radical (unpaired) electrons. The summed E-state index contributed by atoms with van der Waals surface area (Å²) in [6.45, 7) is 15.0. The summed E-state index contributed by atoms with van der Waals surface area (Å²) in [5.74, 6) is 2.40. The lowest BCUT2D eigenvalue weighted by molar-refractivity contribution is -0.124. The van der Waals surface area contributed by atoms with Gasteiger partial charge in [-0.1, -0.05) is 45.0 Å². The standard InChI is InChI=1S/C35H54N2O3Si/c1-25-21-30(17-20-33(25)39-5)28-13-11-26(12-14-28)24-37(31-10-8-9-27(22-31)23-36)34(38)29-15-18-32(19-16-29)40-41(6,7)35(2,3)4/h8-10,17,20-22,26,28-29,32H,11-16,18-19,23-24,36H2,1-7H3/t26-,28-,29-,32-. The van der Waals surface area contributed by atoms with Gasteiger partial charge in [0.2, 0.25) is 5.91 Å². The molecule has 1 amide bonds. The molecule has 0 saturated heterocycles. The summed E-state index contributed by atoms with van der Waals surface area (Å²) in [5.41, 5.74) is 10.7. The lowest BCUT2D eigenvalue weighted by Crippen LogP contribution is -2.46. The zero-order valence-corrected chi connectivity index (χ0v) is 27.7. The molecule has 0 atom stereocenters. The Morgan fingerprint density at radius 1 is 0.976 bits per heavy atom. The van der Waals surface area contributed by atoms with E-state index in [9.17, 15) is 4.79 Å². The van der Waals surface area contributed by atoms with Crippen LogP contribution in [0.5, 0.6) is 5.75 Å². The van der Waals surface area contributed by atoms with E-state index < -0.39 is 8.32 Å². The maximum atomic E-state index is 14.2. The number of carbonyl (C=O) groups is 1. The topological polar surface area (TPSA) is 64.8 Å². The van der Waals surface area contributed by atoms with Gasteiger partial charge in [0.1, 0.15) is 5.75 Å². The van der Waals surface area contributed by atoms with Crippen LogP contribution >= 0.6 is 0 Å². The average molecular weight is 579 g/mol. The maximum absolute atomic E-state index is 14.2. The third-order valence-corrected chi connectivity index (χ3v) is 14.7. The summed E-state index contributed by atoms with van der Waals surface area (Å²) < 4.78 is 12.2. The monoisotopic (exact) mass is 578 g/mol. The van der Waals surface area contributed by atoms with Gasteiger partial charge in [-0.05, 0) is 123 Å². The van der Waals surface area contributed by atoms with Crippen molar-refractivity contribution in [2.24, 2.45) is 17.6 Å². The quantitative estimate of drug-likeness (QED) is 0.304. The summed E-state index contributed by atoms with van der Waals surface area (Å²) in [7, 11) is -0.0735. The Hall–Kier alpha value is -2.15. The van der Waals surface area contributed by atoms with Gasteiger partial charge in [0.15, 0.2) is 8.32 Å². The number of carbonyl (C=O) groups excluding carboxylic acids is 1. The normalized spacial score (nSPS) is 23.7. The van der Waals surface area contributed by atoms with Gasteiger partial charge in [-0.15, -0.1) is 0 Å². The molecule has 2 saturated carbocycles. The van der Waals surface area contributed by atoms with Gasteiger partial charge >= 0.3 is 0 Å². The number of anilines is 1. The van der Waals surface area contributed by atoms with E-state index in [4.69, 9.17) is 14.9 Å². The van der Waals surface area contributed by atoms with Crippen molar-refractivity contribution in [1.29, 1.82) is 0 Å². The molecule has 0 aliphatic heterocycles. The van der Waals surface area contributed by atoms with E-state index in [0.29, 0.717) is 18.4 Å². The number of hydrogen-bond acceptors (Lipinski definition) is 4. The Labute approximate surface area is 250 Å². The highest BCUT2D eigenvalue weighted by atomic mass is 28.4. The van der Waals surface area contributed by atoms with Crippen LogP contribution in [0.3, 0.4) is 0 Å². The Bertz CT molecular complexity index is 1160. The van der Waals surface area contributed by atoms with Crippen molar-refractivity contribution < 1.29 is 14.0 Å². The first-order valence-corrected chi connectivity index (χ1v) is 18.8. The first kappa shape index (κ1) is 31.8. The number of nitrogens with zero attached hydrogens (tertiary/aromatic N) is 1. The van der Waals surface area contributed by atoms with Crippen LogP contribution in [-0.4, -0.2) is 34.0 Å². The molecule has 2 aromatic carbocycles. The van der Waals surface area contributed by atoms with Gasteiger partial charge in [0.25, 0.3) is 0 Å². The molecule has 0 spiro atoms. The van der Waals surface area contributed by atoms with Gasteiger partial charge in [-0.2, -0.15) is 0 Å². The van der Waals surface area contributed by atoms with Gasteiger partial charge < -0.3 is 19.8 Å². The Balaban J connectivity index is 1.42. The largest absolute Gasteiger partial charge is 0.496 e. The van der Waals surface area contributed by atoms with E-state index in [1.54, 1.807) is 7.11 Å². The molecular weight excluding hydrogens is 524 g/mol. The molecule has 5 nitrogen and oxygen atoms in total. The summed E-state index contributed by atoms with van der Waals surface area (Å²) in [5, 5.41) is 0.204. The number of aryl methyl sites for hydroxylation is 1. The molecule has 0 bridgehead atoms. The lowest BCUT2D eigenvalue weighted by atomic mass is 9.78. The van der Waals surface area contributed by atoms with Crippen LogP contribution in [0.1, 0.15) is 94.7 Å². The van der Waals surface area contributed by atoms with Crippen molar-refractivity contribution in [3.8, 4) is 5.75 Å². The van der Waals surface area contributed by atoms with E-state index in [1.807, 2.05) is 6.07 Å². The predicted molar refractivity (Wildman–Crippen MR) is 173 cm³/mol.